The summed E-state index contributed by atoms with van der Waals surface area (Å²) in [4.78, 5) is 15.7. The zero-order valence-electron chi connectivity index (χ0n) is 34.2. The highest BCUT2D eigenvalue weighted by Crippen LogP contribution is 2.44. The highest BCUT2D eigenvalue weighted by molar-refractivity contribution is 6.20. The van der Waals surface area contributed by atoms with E-state index in [1.807, 2.05) is 24.3 Å². The molecule has 10 aromatic carbocycles. The van der Waals surface area contributed by atoms with Crippen LogP contribution >= 0.6 is 0 Å². The van der Waals surface area contributed by atoms with Gasteiger partial charge in [-0.05, 0) is 79.9 Å². The van der Waals surface area contributed by atoms with Crippen molar-refractivity contribution in [1.29, 1.82) is 0 Å². The second-order valence-electron chi connectivity index (χ2n) is 16.0. The number of hydrogen-bond donors (Lipinski definition) is 0. The van der Waals surface area contributed by atoms with E-state index in [-0.39, 0.29) is 0 Å². The maximum atomic E-state index is 5.31. The lowest BCUT2D eigenvalue weighted by Gasteiger charge is -2.16. The van der Waals surface area contributed by atoms with Crippen molar-refractivity contribution in [1.82, 2.24) is 19.5 Å². The van der Waals surface area contributed by atoms with Crippen molar-refractivity contribution >= 4 is 43.4 Å². The van der Waals surface area contributed by atoms with Gasteiger partial charge in [-0.1, -0.05) is 200 Å². The smallest absolute Gasteiger partial charge is 0.164 e. The molecule has 4 heteroatoms. The molecule has 294 valence electrons. The quantitative estimate of drug-likeness (QED) is 0.151. The molecule has 0 N–H and O–H groups in total. The van der Waals surface area contributed by atoms with Crippen molar-refractivity contribution in [2.75, 3.05) is 0 Å². The van der Waals surface area contributed by atoms with E-state index >= 15 is 0 Å². The molecular weight excluding hydrogens is 765 g/mol. The molecule has 0 aliphatic heterocycles. The van der Waals surface area contributed by atoms with E-state index < -0.39 is 0 Å². The van der Waals surface area contributed by atoms with Crippen LogP contribution < -0.4 is 0 Å². The third-order valence-corrected chi connectivity index (χ3v) is 12.2. The fourth-order valence-electron chi connectivity index (χ4n) is 9.20. The van der Waals surface area contributed by atoms with Gasteiger partial charge >= 0.3 is 0 Å². The van der Waals surface area contributed by atoms with Crippen molar-refractivity contribution in [2.24, 2.45) is 0 Å². The molecule has 0 atom stereocenters. The van der Waals surface area contributed by atoms with Gasteiger partial charge in [-0.3, -0.25) is 0 Å². The van der Waals surface area contributed by atoms with E-state index in [2.05, 4.69) is 211 Å². The van der Waals surface area contributed by atoms with Gasteiger partial charge in [0.25, 0.3) is 0 Å². The van der Waals surface area contributed by atoms with Gasteiger partial charge in [-0.2, -0.15) is 0 Å². The summed E-state index contributed by atoms with van der Waals surface area (Å²) in [5.74, 6) is 1.85. The monoisotopic (exact) mass is 802 g/mol. The highest BCUT2D eigenvalue weighted by atomic mass is 15.0. The van der Waals surface area contributed by atoms with Crippen LogP contribution in [0.3, 0.4) is 0 Å². The number of nitrogens with zero attached hydrogens (tertiary/aromatic N) is 4. The average molecular weight is 803 g/mol. The third-order valence-electron chi connectivity index (χ3n) is 12.2. The van der Waals surface area contributed by atoms with Crippen LogP contribution in [-0.2, 0) is 0 Å². The lowest BCUT2D eigenvalue weighted by Crippen LogP contribution is -2.01. The minimum absolute atomic E-state index is 0.607. The summed E-state index contributed by atoms with van der Waals surface area (Å²) in [6.45, 7) is 0. The number of aromatic nitrogens is 4. The van der Waals surface area contributed by atoms with Gasteiger partial charge in [-0.25, -0.2) is 15.0 Å². The van der Waals surface area contributed by atoms with Gasteiger partial charge in [0, 0.05) is 32.8 Å². The van der Waals surface area contributed by atoms with Gasteiger partial charge in [0.05, 0.1) is 16.7 Å². The molecule has 0 bridgehead atoms. The first-order valence-electron chi connectivity index (χ1n) is 21.4. The second kappa shape index (κ2) is 15.2. The fraction of sp³-hybridized carbons (Fsp3) is 0. The molecule has 0 radical (unpaired) electrons. The minimum Gasteiger partial charge on any atom is -0.309 e. The van der Waals surface area contributed by atoms with Crippen molar-refractivity contribution in [3.8, 4) is 73.2 Å². The molecule has 0 amide bonds. The van der Waals surface area contributed by atoms with Gasteiger partial charge in [0.1, 0.15) is 0 Å². The topological polar surface area (TPSA) is 43.6 Å². The van der Waals surface area contributed by atoms with Gasteiger partial charge in [0.15, 0.2) is 17.5 Å². The summed E-state index contributed by atoms with van der Waals surface area (Å²) in [6.07, 6.45) is 0. The standard InChI is InChI=1S/C59H38N4/c1-5-17-39(18-6-1)41-29-31-44(32-30-41)58-60-57(43-23-11-4-12-24-43)61-59(62-58)47-36-51(42-21-9-3-10-22-42)56-52-35-45(40-19-7-2-8-20-40)33-34-53(52)63(55(56)38-47)54-37-46-25-13-14-26-48(46)49-27-15-16-28-50(49)54/h1-38H. The van der Waals surface area contributed by atoms with E-state index in [4.69, 9.17) is 15.0 Å². The number of rotatable bonds is 7. The Kier molecular flexibility index (Phi) is 8.79. The Morgan fingerprint density at radius 3 is 1.38 bits per heavy atom. The molecule has 12 aromatic rings. The van der Waals surface area contributed by atoms with Crippen LogP contribution in [0.2, 0.25) is 0 Å². The zero-order chi connectivity index (χ0) is 41.7. The molecule has 0 aliphatic carbocycles. The Morgan fingerprint density at radius 1 is 0.270 bits per heavy atom. The van der Waals surface area contributed by atoms with Gasteiger partial charge in [-0.15, -0.1) is 0 Å². The summed E-state index contributed by atoms with van der Waals surface area (Å²) in [6, 6.07) is 81.9. The SMILES string of the molecule is c1ccc(-c2ccc(-c3nc(-c4ccccc4)nc(-c4cc(-c5ccccc5)c5c6cc(-c7ccccc7)ccc6n(-c6cc7ccccc7c7ccccc67)c5c4)n3)cc2)cc1. The molecule has 2 heterocycles. The second-order valence-corrected chi connectivity index (χ2v) is 16.0. The molecule has 0 saturated heterocycles. The Morgan fingerprint density at radius 2 is 0.730 bits per heavy atom. The molecule has 12 rings (SSSR count). The van der Waals surface area contributed by atoms with Gasteiger partial charge in [0.2, 0.25) is 0 Å². The molecule has 63 heavy (non-hydrogen) atoms. The normalized spacial score (nSPS) is 11.5. The molecule has 0 saturated carbocycles. The lowest BCUT2D eigenvalue weighted by molar-refractivity contribution is 1.07. The van der Waals surface area contributed by atoms with Crippen LogP contribution in [0.4, 0.5) is 0 Å². The zero-order valence-corrected chi connectivity index (χ0v) is 34.2. The average Bonchev–Trinajstić information content (AvgIpc) is 3.70. The molecule has 4 nitrogen and oxygen atoms in total. The van der Waals surface area contributed by atoms with Crippen molar-refractivity contribution in [3.05, 3.63) is 231 Å². The van der Waals surface area contributed by atoms with E-state index in [0.717, 1.165) is 55.7 Å². The fourth-order valence-corrected chi connectivity index (χ4v) is 9.20. The predicted molar refractivity (Wildman–Crippen MR) is 262 cm³/mol. The summed E-state index contributed by atoms with van der Waals surface area (Å²) in [7, 11) is 0. The van der Waals surface area contributed by atoms with Crippen LogP contribution in [0.15, 0.2) is 231 Å². The molecule has 2 aromatic heterocycles. The summed E-state index contributed by atoms with van der Waals surface area (Å²) in [5.41, 5.74) is 12.9. The first-order chi connectivity index (χ1) is 31.2. The van der Waals surface area contributed by atoms with Gasteiger partial charge < -0.3 is 4.57 Å². The summed E-state index contributed by atoms with van der Waals surface area (Å²) >= 11 is 0. The molecule has 0 unspecified atom stereocenters. The summed E-state index contributed by atoms with van der Waals surface area (Å²) < 4.78 is 2.46. The third kappa shape index (κ3) is 6.44. The molecule has 0 spiro atoms. The van der Waals surface area contributed by atoms with Crippen molar-refractivity contribution < 1.29 is 0 Å². The van der Waals surface area contributed by atoms with E-state index in [9.17, 15) is 0 Å². The molecule has 0 aliphatic rings. The maximum Gasteiger partial charge on any atom is 0.164 e. The van der Waals surface area contributed by atoms with E-state index in [1.54, 1.807) is 0 Å². The summed E-state index contributed by atoms with van der Waals surface area (Å²) in [5, 5.41) is 7.17. The Bertz CT molecular complexity index is 3640. The number of benzene rings is 10. The lowest BCUT2D eigenvalue weighted by atomic mass is 9.95. The van der Waals surface area contributed by atoms with Crippen molar-refractivity contribution in [2.45, 2.75) is 0 Å². The number of hydrogen-bond acceptors (Lipinski definition) is 3. The Balaban J connectivity index is 1.17. The first-order valence-corrected chi connectivity index (χ1v) is 21.4. The van der Waals surface area contributed by atoms with Crippen LogP contribution in [0.5, 0.6) is 0 Å². The Hall–Kier alpha value is -8.47. The van der Waals surface area contributed by atoms with Crippen LogP contribution in [0.1, 0.15) is 0 Å². The maximum absolute atomic E-state index is 5.31. The molecular formula is C59H38N4. The largest absolute Gasteiger partial charge is 0.309 e. The van der Waals surface area contributed by atoms with Crippen molar-refractivity contribution in [3.63, 3.8) is 0 Å². The number of fused-ring (bicyclic) bond motifs is 6. The molecule has 0 fully saturated rings. The predicted octanol–water partition coefficient (Wildman–Crippen LogP) is 15.3. The van der Waals surface area contributed by atoms with E-state index in [0.29, 0.717) is 17.5 Å². The highest BCUT2D eigenvalue weighted by Gasteiger charge is 2.22. The van der Waals surface area contributed by atoms with Crippen LogP contribution in [-0.4, -0.2) is 19.5 Å². The van der Waals surface area contributed by atoms with Crippen LogP contribution in [0, 0.1) is 0 Å². The van der Waals surface area contributed by atoms with Crippen LogP contribution in [0.25, 0.3) is 117 Å². The van der Waals surface area contributed by atoms with E-state index in [1.165, 1.54) is 43.4 Å². The first kappa shape index (κ1) is 36.4. The Labute approximate surface area is 365 Å². The minimum atomic E-state index is 0.607.